The molecule has 1 aromatic carbocycles. The molecule has 0 aliphatic carbocycles. The van der Waals surface area contributed by atoms with E-state index >= 15 is 0 Å². The van der Waals surface area contributed by atoms with Crippen molar-refractivity contribution in [2.45, 2.75) is 13.2 Å². The third-order valence-corrected chi connectivity index (χ3v) is 2.62. The van der Waals surface area contributed by atoms with Gasteiger partial charge in [-0.25, -0.2) is 9.07 Å². The average molecular weight is 264 g/mol. The SMILES string of the molecule is CNC(=O)Cn1nnc(CO)c1-c1cccc(F)c1. The third-order valence-electron chi connectivity index (χ3n) is 2.62. The Hall–Kier alpha value is -2.28. The van der Waals surface area contributed by atoms with Gasteiger partial charge in [-0.1, -0.05) is 17.3 Å². The molecule has 0 bridgehead atoms. The van der Waals surface area contributed by atoms with E-state index in [1.807, 2.05) is 0 Å². The molecule has 2 N–H and O–H groups in total. The van der Waals surface area contributed by atoms with E-state index in [1.165, 1.54) is 23.9 Å². The lowest BCUT2D eigenvalue weighted by Gasteiger charge is -2.07. The normalized spacial score (nSPS) is 10.5. The Balaban J connectivity index is 2.47. The number of aromatic nitrogens is 3. The van der Waals surface area contributed by atoms with Crippen LogP contribution in [-0.2, 0) is 17.9 Å². The number of nitrogens with zero attached hydrogens (tertiary/aromatic N) is 3. The van der Waals surface area contributed by atoms with Crippen molar-refractivity contribution >= 4 is 5.91 Å². The van der Waals surface area contributed by atoms with Crippen molar-refractivity contribution in [2.75, 3.05) is 7.05 Å². The number of aliphatic hydroxyl groups excluding tert-OH is 1. The summed E-state index contributed by atoms with van der Waals surface area (Å²) in [6, 6.07) is 5.83. The van der Waals surface area contributed by atoms with Crippen LogP contribution in [-0.4, -0.2) is 33.1 Å². The second-order valence-corrected chi connectivity index (χ2v) is 3.88. The minimum Gasteiger partial charge on any atom is -0.390 e. The zero-order valence-corrected chi connectivity index (χ0v) is 10.3. The second kappa shape index (κ2) is 5.57. The molecule has 6 nitrogen and oxygen atoms in total. The van der Waals surface area contributed by atoms with Crippen LogP contribution in [0, 0.1) is 5.82 Å². The lowest BCUT2D eigenvalue weighted by Crippen LogP contribution is -2.24. The van der Waals surface area contributed by atoms with Crippen LogP contribution in [0.15, 0.2) is 24.3 Å². The number of likely N-dealkylation sites (N-methyl/N-ethyl adjacent to an activating group) is 1. The molecule has 0 saturated carbocycles. The number of nitrogens with one attached hydrogen (secondary N) is 1. The summed E-state index contributed by atoms with van der Waals surface area (Å²) < 4.78 is 14.6. The molecule has 0 fully saturated rings. The summed E-state index contributed by atoms with van der Waals surface area (Å²) in [4.78, 5) is 11.4. The van der Waals surface area contributed by atoms with Gasteiger partial charge < -0.3 is 10.4 Å². The van der Waals surface area contributed by atoms with Gasteiger partial charge in [-0.15, -0.1) is 5.10 Å². The number of rotatable bonds is 4. The Morgan fingerprint density at radius 1 is 1.53 bits per heavy atom. The Morgan fingerprint density at radius 3 is 2.95 bits per heavy atom. The third kappa shape index (κ3) is 2.76. The highest BCUT2D eigenvalue weighted by Crippen LogP contribution is 2.23. The Bertz CT molecular complexity index is 597. The van der Waals surface area contributed by atoms with E-state index in [0.717, 1.165) is 0 Å². The predicted octanol–water partition coefficient (Wildman–Crippen LogP) is 0.323. The van der Waals surface area contributed by atoms with Crippen molar-refractivity contribution in [3.63, 3.8) is 0 Å². The quantitative estimate of drug-likeness (QED) is 0.833. The molecule has 0 aliphatic heterocycles. The van der Waals surface area contributed by atoms with Crippen LogP contribution in [0.2, 0.25) is 0 Å². The predicted molar refractivity (Wildman–Crippen MR) is 65.4 cm³/mol. The molecular formula is C12H13FN4O2. The molecule has 2 rings (SSSR count). The lowest BCUT2D eigenvalue weighted by molar-refractivity contribution is -0.121. The maximum Gasteiger partial charge on any atom is 0.241 e. The molecular weight excluding hydrogens is 251 g/mol. The van der Waals surface area contributed by atoms with Gasteiger partial charge in [-0.05, 0) is 12.1 Å². The number of carbonyl (C=O) groups excluding carboxylic acids is 1. The van der Waals surface area contributed by atoms with Gasteiger partial charge >= 0.3 is 0 Å². The van der Waals surface area contributed by atoms with Gasteiger partial charge in [0.1, 0.15) is 18.1 Å². The van der Waals surface area contributed by atoms with Crippen LogP contribution in [0.3, 0.4) is 0 Å². The molecule has 0 radical (unpaired) electrons. The maximum absolute atomic E-state index is 13.3. The highest BCUT2D eigenvalue weighted by atomic mass is 19.1. The summed E-state index contributed by atoms with van der Waals surface area (Å²) in [6.45, 7) is -0.380. The zero-order chi connectivity index (χ0) is 13.8. The highest BCUT2D eigenvalue weighted by molar-refractivity contribution is 5.76. The number of halogens is 1. The summed E-state index contributed by atoms with van der Waals surface area (Å²) in [6.07, 6.45) is 0. The van der Waals surface area contributed by atoms with Crippen molar-refractivity contribution in [3.05, 3.63) is 35.8 Å². The van der Waals surface area contributed by atoms with Crippen molar-refractivity contribution < 1.29 is 14.3 Å². The van der Waals surface area contributed by atoms with Gasteiger partial charge in [0.15, 0.2) is 0 Å². The van der Waals surface area contributed by atoms with Crippen molar-refractivity contribution in [1.29, 1.82) is 0 Å². The van der Waals surface area contributed by atoms with E-state index in [-0.39, 0.29) is 19.1 Å². The fourth-order valence-electron chi connectivity index (χ4n) is 1.73. The van der Waals surface area contributed by atoms with Crippen LogP contribution in [0.4, 0.5) is 4.39 Å². The van der Waals surface area contributed by atoms with Gasteiger partial charge in [0.2, 0.25) is 5.91 Å². The summed E-state index contributed by atoms with van der Waals surface area (Å²) in [5.41, 5.74) is 1.25. The van der Waals surface area contributed by atoms with Crippen molar-refractivity contribution in [1.82, 2.24) is 20.3 Å². The molecule has 100 valence electrons. The van der Waals surface area contributed by atoms with E-state index in [1.54, 1.807) is 12.1 Å². The second-order valence-electron chi connectivity index (χ2n) is 3.88. The summed E-state index contributed by atoms with van der Waals surface area (Å²) in [5, 5.41) is 19.3. The Labute approximate surface area is 108 Å². The lowest BCUT2D eigenvalue weighted by atomic mass is 10.1. The van der Waals surface area contributed by atoms with E-state index < -0.39 is 5.82 Å². The average Bonchev–Trinajstić information content (AvgIpc) is 2.81. The van der Waals surface area contributed by atoms with E-state index in [2.05, 4.69) is 15.6 Å². The highest BCUT2D eigenvalue weighted by Gasteiger charge is 2.16. The van der Waals surface area contributed by atoms with Gasteiger partial charge in [0.25, 0.3) is 0 Å². The number of amides is 1. The number of hydrogen-bond acceptors (Lipinski definition) is 4. The summed E-state index contributed by atoms with van der Waals surface area (Å²) >= 11 is 0. The fourth-order valence-corrected chi connectivity index (χ4v) is 1.73. The number of benzene rings is 1. The standard InChI is InChI=1S/C12H13FN4O2/c1-14-11(19)6-17-12(10(7-18)15-16-17)8-3-2-4-9(13)5-8/h2-5,18H,6-7H2,1H3,(H,14,19). The van der Waals surface area contributed by atoms with Crippen LogP contribution in [0.5, 0.6) is 0 Å². The smallest absolute Gasteiger partial charge is 0.241 e. The first-order chi connectivity index (χ1) is 9.15. The molecule has 0 saturated heterocycles. The van der Waals surface area contributed by atoms with Crippen LogP contribution in [0.1, 0.15) is 5.69 Å². The topological polar surface area (TPSA) is 80.0 Å². The molecule has 1 heterocycles. The van der Waals surface area contributed by atoms with Gasteiger partial charge in [-0.2, -0.15) is 0 Å². The molecule has 0 spiro atoms. The Kier molecular flexibility index (Phi) is 3.86. The molecule has 7 heteroatoms. The molecule has 1 amide bonds. The molecule has 1 aromatic heterocycles. The first kappa shape index (κ1) is 13.2. The van der Waals surface area contributed by atoms with E-state index in [0.29, 0.717) is 17.0 Å². The van der Waals surface area contributed by atoms with E-state index in [4.69, 9.17) is 0 Å². The monoisotopic (exact) mass is 264 g/mol. The number of carbonyl (C=O) groups is 1. The van der Waals surface area contributed by atoms with Gasteiger partial charge in [-0.3, -0.25) is 4.79 Å². The number of hydrogen-bond donors (Lipinski definition) is 2. The van der Waals surface area contributed by atoms with Gasteiger partial charge in [0, 0.05) is 12.6 Å². The minimum atomic E-state index is -0.408. The van der Waals surface area contributed by atoms with Crippen molar-refractivity contribution in [2.24, 2.45) is 0 Å². The minimum absolute atomic E-state index is 0.0463. The van der Waals surface area contributed by atoms with Crippen LogP contribution < -0.4 is 5.32 Å². The first-order valence-electron chi connectivity index (χ1n) is 5.65. The van der Waals surface area contributed by atoms with Gasteiger partial charge in [0.05, 0.1) is 12.3 Å². The van der Waals surface area contributed by atoms with Crippen LogP contribution in [0.25, 0.3) is 11.3 Å². The first-order valence-corrected chi connectivity index (χ1v) is 5.65. The Morgan fingerprint density at radius 2 is 2.32 bits per heavy atom. The summed E-state index contributed by atoms with van der Waals surface area (Å²) in [5.74, 6) is -0.666. The zero-order valence-electron chi connectivity index (χ0n) is 10.3. The molecule has 19 heavy (non-hydrogen) atoms. The largest absolute Gasteiger partial charge is 0.390 e. The molecule has 0 atom stereocenters. The fraction of sp³-hybridized carbons (Fsp3) is 0.250. The van der Waals surface area contributed by atoms with Crippen LogP contribution >= 0.6 is 0 Å². The molecule has 2 aromatic rings. The molecule has 0 unspecified atom stereocenters. The maximum atomic E-state index is 13.3. The number of aliphatic hydroxyl groups is 1. The summed E-state index contributed by atoms with van der Waals surface area (Å²) in [7, 11) is 1.51. The van der Waals surface area contributed by atoms with E-state index in [9.17, 15) is 14.3 Å². The van der Waals surface area contributed by atoms with Crippen molar-refractivity contribution in [3.8, 4) is 11.3 Å². The molecule has 0 aliphatic rings.